The molecule has 0 heterocycles. The van der Waals surface area contributed by atoms with Crippen molar-refractivity contribution in [2.75, 3.05) is 0 Å². The van der Waals surface area contributed by atoms with Gasteiger partial charge in [-0.05, 0) is 35.9 Å². The summed E-state index contributed by atoms with van der Waals surface area (Å²) in [7, 11) is 0. The second kappa shape index (κ2) is 4.57. The summed E-state index contributed by atoms with van der Waals surface area (Å²) in [5.74, 6) is -2.99. The third-order valence-electron chi connectivity index (χ3n) is 1.69. The van der Waals surface area contributed by atoms with E-state index in [1.807, 2.05) is 0 Å². The zero-order valence-corrected chi connectivity index (χ0v) is 8.51. The second-order valence-electron chi connectivity index (χ2n) is 2.90. The fourth-order valence-corrected chi connectivity index (χ4v) is 0.965. The number of ketones is 1. The molecule has 1 rings (SSSR count). The molecule has 0 amide bonds. The van der Waals surface area contributed by atoms with Gasteiger partial charge in [0.05, 0.1) is 0 Å². The molecule has 1 aromatic rings. The van der Waals surface area contributed by atoms with Crippen molar-refractivity contribution in [2.24, 2.45) is 0 Å². The van der Waals surface area contributed by atoms with Crippen molar-refractivity contribution in [1.29, 1.82) is 0 Å². The normalized spacial score (nSPS) is 12.6. The van der Waals surface area contributed by atoms with Crippen LogP contribution < -0.4 is 0 Å². The highest BCUT2D eigenvalue weighted by Gasteiger charge is 2.34. The Labute approximate surface area is 94.0 Å². The minimum Gasteiger partial charge on any atom is -0.507 e. The molecule has 1 aromatic carbocycles. The summed E-state index contributed by atoms with van der Waals surface area (Å²) in [6.45, 7) is 0. The van der Waals surface area contributed by atoms with Crippen molar-refractivity contribution in [3.8, 4) is 0 Å². The lowest BCUT2D eigenvalue weighted by Gasteiger charge is -2.03. The van der Waals surface area contributed by atoms with Gasteiger partial charge in [-0.25, -0.2) is 4.39 Å². The SMILES string of the molecule is O=C(C=C(O)c1ccc(F)cc1)C(F)(F)Cl. The Morgan fingerprint density at radius 3 is 2.25 bits per heavy atom. The van der Waals surface area contributed by atoms with Crippen LogP contribution in [0.4, 0.5) is 13.2 Å². The standard InChI is InChI=1S/C10H6ClF3O2/c11-10(13,14)9(16)5-8(15)6-1-3-7(12)4-2-6/h1-5,15H. The fraction of sp³-hybridized carbons (Fsp3) is 0.100. The minimum atomic E-state index is -4.06. The summed E-state index contributed by atoms with van der Waals surface area (Å²) in [5, 5.41) is 5.21. The number of benzene rings is 1. The Bertz CT molecular complexity index is 421. The molecule has 0 bridgehead atoms. The molecular formula is C10H6ClF3O2. The predicted molar refractivity (Wildman–Crippen MR) is 52.8 cm³/mol. The predicted octanol–water partition coefficient (Wildman–Crippen LogP) is 3.13. The zero-order valence-electron chi connectivity index (χ0n) is 7.75. The zero-order chi connectivity index (χ0) is 12.3. The van der Waals surface area contributed by atoms with Gasteiger partial charge in [-0.15, -0.1) is 0 Å². The first-order chi connectivity index (χ1) is 7.30. The third-order valence-corrected chi connectivity index (χ3v) is 1.87. The van der Waals surface area contributed by atoms with E-state index in [2.05, 4.69) is 11.6 Å². The molecular weight excluding hydrogens is 245 g/mol. The Morgan fingerprint density at radius 2 is 1.81 bits per heavy atom. The lowest BCUT2D eigenvalue weighted by molar-refractivity contribution is -0.128. The molecule has 86 valence electrons. The van der Waals surface area contributed by atoms with E-state index >= 15 is 0 Å². The number of carbonyl (C=O) groups excluding carboxylic acids is 1. The number of halogens is 4. The Hall–Kier alpha value is -1.49. The van der Waals surface area contributed by atoms with Gasteiger partial charge in [0, 0.05) is 11.6 Å². The molecule has 0 unspecified atom stereocenters. The monoisotopic (exact) mass is 250 g/mol. The van der Waals surface area contributed by atoms with Crippen LogP contribution in [0, 0.1) is 5.82 Å². The average molecular weight is 251 g/mol. The van der Waals surface area contributed by atoms with Crippen molar-refractivity contribution in [2.45, 2.75) is 5.38 Å². The van der Waals surface area contributed by atoms with E-state index in [1.54, 1.807) is 0 Å². The number of hydrogen-bond donors (Lipinski definition) is 1. The van der Waals surface area contributed by atoms with E-state index in [0.717, 1.165) is 24.3 Å². The van der Waals surface area contributed by atoms with Crippen LogP contribution >= 0.6 is 11.6 Å². The van der Waals surface area contributed by atoms with Crippen LogP contribution in [0.15, 0.2) is 30.3 Å². The van der Waals surface area contributed by atoms with Crippen molar-refractivity contribution < 1.29 is 23.1 Å². The molecule has 16 heavy (non-hydrogen) atoms. The van der Waals surface area contributed by atoms with Gasteiger partial charge in [0.2, 0.25) is 5.78 Å². The van der Waals surface area contributed by atoms with Gasteiger partial charge >= 0.3 is 5.38 Å². The number of carbonyl (C=O) groups is 1. The first-order valence-electron chi connectivity index (χ1n) is 4.08. The smallest absolute Gasteiger partial charge is 0.384 e. The molecule has 0 atom stereocenters. The Kier molecular flexibility index (Phi) is 3.59. The summed E-state index contributed by atoms with van der Waals surface area (Å²) >= 11 is 4.44. The maximum Gasteiger partial charge on any atom is 0.384 e. The molecule has 0 radical (unpaired) electrons. The van der Waals surface area contributed by atoms with E-state index in [4.69, 9.17) is 0 Å². The molecule has 0 aliphatic rings. The summed E-state index contributed by atoms with van der Waals surface area (Å²) in [5.41, 5.74) is 0.0377. The summed E-state index contributed by atoms with van der Waals surface area (Å²) in [6, 6.07) is 4.31. The summed E-state index contributed by atoms with van der Waals surface area (Å²) in [6.07, 6.45) is 0.292. The van der Waals surface area contributed by atoms with E-state index in [0.29, 0.717) is 6.08 Å². The van der Waals surface area contributed by atoms with Crippen molar-refractivity contribution in [3.05, 3.63) is 41.7 Å². The fourth-order valence-electron chi connectivity index (χ4n) is 0.910. The highest BCUT2D eigenvalue weighted by atomic mass is 35.5. The van der Waals surface area contributed by atoms with E-state index in [1.165, 1.54) is 0 Å². The van der Waals surface area contributed by atoms with E-state index < -0.39 is 22.7 Å². The van der Waals surface area contributed by atoms with E-state index in [-0.39, 0.29) is 5.56 Å². The van der Waals surface area contributed by atoms with Gasteiger partial charge in [0.15, 0.2) is 0 Å². The Balaban J connectivity index is 2.94. The third kappa shape index (κ3) is 3.27. The lowest BCUT2D eigenvalue weighted by atomic mass is 10.1. The molecule has 0 aliphatic carbocycles. The van der Waals surface area contributed by atoms with Crippen LogP contribution in [0.5, 0.6) is 0 Å². The van der Waals surface area contributed by atoms with Gasteiger partial charge in [-0.1, -0.05) is 0 Å². The van der Waals surface area contributed by atoms with Crippen molar-refractivity contribution in [3.63, 3.8) is 0 Å². The maximum atomic E-state index is 12.5. The molecule has 0 saturated carbocycles. The molecule has 0 aliphatic heterocycles. The largest absolute Gasteiger partial charge is 0.507 e. The average Bonchev–Trinajstić information content (AvgIpc) is 2.17. The van der Waals surface area contributed by atoms with Crippen LogP contribution in [0.3, 0.4) is 0 Å². The molecule has 0 aromatic heterocycles. The van der Waals surface area contributed by atoms with Gasteiger partial charge in [-0.2, -0.15) is 8.78 Å². The first-order valence-corrected chi connectivity index (χ1v) is 4.46. The van der Waals surface area contributed by atoms with Crippen molar-refractivity contribution in [1.82, 2.24) is 0 Å². The molecule has 2 nitrogen and oxygen atoms in total. The van der Waals surface area contributed by atoms with Gasteiger partial charge < -0.3 is 5.11 Å². The summed E-state index contributed by atoms with van der Waals surface area (Å²) in [4.78, 5) is 10.7. The van der Waals surface area contributed by atoms with Crippen LogP contribution in [0.25, 0.3) is 5.76 Å². The van der Waals surface area contributed by atoms with Crippen LogP contribution in [0.1, 0.15) is 5.56 Å². The number of allylic oxidation sites excluding steroid dienone is 1. The van der Waals surface area contributed by atoms with Gasteiger partial charge in [0.25, 0.3) is 0 Å². The topological polar surface area (TPSA) is 37.3 Å². The lowest BCUT2D eigenvalue weighted by Crippen LogP contribution is -2.19. The molecule has 6 heteroatoms. The molecule has 1 N–H and O–H groups in total. The minimum absolute atomic E-state index is 0.0377. The molecule has 0 saturated heterocycles. The first kappa shape index (κ1) is 12.6. The van der Waals surface area contributed by atoms with Crippen LogP contribution in [-0.4, -0.2) is 16.3 Å². The highest BCUT2D eigenvalue weighted by Crippen LogP contribution is 2.22. The van der Waals surface area contributed by atoms with Crippen LogP contribution in [0.2, 0.25) is 0 Å². The number of hydrogen-bond acceptors (Lipinski definition) is 2. The number of alkyl halides is 3. The highest BCUT2D eigenvalue weighted by molar-refractivity contribution is 6.34. The van der Waals surface area contributed by atoms with Gasteiger partial charge in [0.1, 0.15) is 11.6 Å². The Morgan fingerprint density at radius 1 is 1.31 bits per heavy atom. The maximum absolute atomic E-state index is 12.5. The van der Waals surface area contributed by atoms with E-state index in [9.17, 15) is 23.1 Å². The number of aliphatic hydroxyl groups excluding tert-OH is 1. The van der Waals surface area contributed by atoms with Crippen molar-refractivity contribution >= 4 is 23.1 Å². The number of aliphatic hydroxyl groups is 1. The molecule has 0 spiro atoms. The summed E-state index contributed by atoms with van der Waals surface area (Å²) < 4.78 is 37.0. The quantitative estimate of drug-likeness (QED) is 0.508. The van der Waals surface area contributed by atoms with Crippen LogP contribution in [-0.2, 0) is 4.79 Å². The molecule has 0 fully saturated rings. The number of rotatable bonds is 3. The second-order valence-corrected chi connectivity index (χ2v) is 3.37. The van der Waals surface area contributed by atoms with Gasteiger partial charge in [-0.3, -0.25) is 4.79 Å².